The van der Waals surface area contributed by atoms with Gasteiger partial charge in [-0.1, -0.05) is 11.6 Å². The molecule has 1 aliphatic heterocycles. The fourth-order valence-corrected chi connectivity index (χ4v) is 4.82. The Bertz CT molecular complexity index is 1440. The molecular formula is C24H20ClN3O4S. The number of rotatable bonds is 4. The number of anilines is 1. The van der Waals surface area contributed by atoms with Crippen LogP contribution in [0.15, 0.2) is 76.2 Å². The molecule has 7 nitrogen and oxygen atoms in total. The summed E-state index contributed by atoms with van der Waals surface area (Å²) in [5.74, 6) is 0.317. The predicted octanol–water partition coefficient (Wildman–Crippen LogP) is 4.78. The zero-order valence-electron chi connectivity index (χ0n) is 17.7. The average Bonchev–Trinajstić information content (AvgIpc) is 3.48. The Labute approximate surface area is 196 Å². The van der Waals surface area contributed by atoms with Crippen molar-refractivity contribution in [3.8, 4) is 17.1 Å². The molecule has 0 saturated heterocycles. The molecule has 0 bridgehead atoms. The lowest BCUT2D eigenvalue weighted by atomic mass is 10.0. The van der Waals surface area contributed by atoms with Crippen molar-refractivity contribution in [2.45, 2.75) is 17.7 Å². The maximum Gasteiger partial charge on any atom is 0.278 e. The van der Waals surface area contributed by atoms with Crippen LogP contribution in [0.2, 0.25) is 5.02 Å². The molecule has 2 aromatic heterocycles. The number of halogens is 1. The molecule has 0 N–H and O–H groups in total. The summed E-state index contributed by atoms with van der Waals surface area (Å²) in [5.41, 5.74) is 3.17. The normalized spacial score (nSPS) is 13.7. The summed E-state index contributed by atoms with van der Waals surface area (Å²) in [7, 11) is -3.33. The van der Waals surface area contributed by atoms with Gasteiger partial charge in [0.2, 0.25) is 0 Å². The summed E-state index contributed by atoms with van der Waals surface area (Å²) in [6, 6.07) is 17.3. The Balaban J connectivity index is 1.56. The number of benzene rings is 2. The molecule has 33 heavy (non-hydrogen) atoms. The van der Waals surface area contributed by atoms with Crippen molar-refractivity contribution in [3.63, 3.8) is 0 Å². The molecule has 0 fully saturated rings. The molecule has 0 atom stereocenters. The fourth-order valence-electron chi connectivity index (χ4n) is 4.02. The molecular weight excluding hydrogens is 462 g/mol. The Morgan fingerprint density at radius 1 is 1.09 bits per heavy atom. The molecule has 168 valence electrons. The van der Waals surface area contributed by atoms with Gasteiger partial charge in [0.05, 0.1) is 16.8 Å². The van der Waals surface area contributed by atoms with E-state index in [9.17, 15) is 13.2 Å². The van der Waals surface area contributed by atoms with Crippen LogP contribution in [0.1, 0.15) is 22.5 Å². The number of aromatic nitrogens is 2. The highest BCUT2D eigenvalue weighted by Crippen LogP contribution is 2.32. The molecule has 1 aliphatic rings. The van der Waals surface area contributed by atoms with E-state index in [0.717, 1.165) is 17.7 Å². The summed E-state index contributed by atoms with van der Waals surface area (Å²) in [6.07, 6.45) is 4.19. The van der Waals surface area contributed by atoms with Gasteiger partial charge >= 0.3 is 0 Å². The number of aryl methyl sites for hydroxylation is 1. The predicted molar refractivity (Wildman–Crippen MR) is 126 cm³/mol. The minimum atomic E-state index is -3.33. The van der Waals surface area contributed by atoms with E-state index in [2.05, 4.69) is 5.10 Å². The minimum Gasteiger partial charge on any atom is -0.463 e. The van der Waals surface area contributed by atoms with Gasteiger partial charge in [-0.05, 0) is 73.0 Å². The van der Waals surface area contributed by atoms with Crippen LogP contribution in [-0.4, -0.2) is 36.9 Å². The maximum absolute atomic E-state index is 13.5. The molecule has 0 aliphatic carbocycles. The third kappa shape index (κ3) is 4.07. The highest BCUT2D eigenvalue weighted by Gasteiger charge is 2.28. The van der Waals surface area contributed by atoms with Crippen LogP contribution in [0.5, 0.6) is 0 Å². The van der Waals surface area contributed by atoms with E-state index in [1.54, 1.807) is 64.4 Å². The van der Waals surface area contributed by atoms with Crippen molar-refractivity contribution in [2.75, 3.05) is 17.7 Å². The first kappa shape index (κ1) is 21.5. The van der Waals surface area contributed by atoms with Crippen LogP contribution in [0.25, 0.3) is 17.1 Å². The molecule has 0 saturated carbocycles. The molecule has 4 aromatic rings. The number of fused-ring (bicyclic) bond motifs is 1. The second-order valence-electron chi connectivity index (χ2n) is 7.90. The average molecular weight is 482 g/mol. The van der Waals surface area contributed by atoms with E-state index in [1.165, 1.54) is 6.26 Å². The molecule has 9 heteroatoms. The number of furan rings is 1. The second kappa shape index (κ2) is 8.20. The van der Waals surface area contributed by atoms with Gasteiger partial charge in [0, 0.05) is 29.6 Å². The standard InChI is InChI=1S/C24H20ClN3O4S/c1-33(30,31)19-10-11-21-16(14-19)4-2-12-27(21)24(29)20-15-22(23-5-3-13-32-23)28(26-20)18-8-6-17(25)7-9-18/h3,5-11,13-15H,2,4,12H2,1H3. The Kier molecular flexibility index (Phi) is 5.34. The Hall–Kier alpha value is -3.36. The SMILES string of the molecule is CS(=O)(=O)c1ccc2c(c1)CCCN2C(=O)c1cc(-c2ccco2)n(-c2ccc(Cl)cc2)n1. The topological polar surface area (TPSA) is 85.4 Å². The summed E-state index contributed by atoms with van der Waals surface area (Å²) in [6.45, 7) is 0.522. The monoisotopic (exact) mass is 481 g/mol. The van der Waals surface area contributed by atoms with Crippen LogP contribution in [0.4, 0.5) is 5.69 Å². The van der Waals surface area contributed by atoms with Crippen molar-refractivity contribution in [1.29, 1.82) is 0 Å². The minimum absolute atomic E-state index is 0.252. The van der Waals surface area contributed by atoms with E-state index in [-0.39, 0.29) is 16.5 Å². The van der Waals surface area contributed by atoms with Gasteiger partial charge in [0.15, 0.2) is 21.3 Å². The second-order valence-corrected chi connectivity index (χ2v) is 10.4. The zero-order chi connectivity index (χ0) is 23.2. The molecule has 0 radical (unpaired) electrons. The quantitative estimate of drug-likeness (QED) is 0.418. The number of hydrogen-bond acceptors (Lipinski definition) is 5. The van der Waals surface area contributed by atoms with Gasteiger partial charge in [0.1, 0.15) is 5.69 Å². The van der Waals surface area contributed by atoms with Crippen LogP contribution < -0.4 is 4.90 Å². The summed E-state index contributed by atoms with van der Waals surface area (Å²) >= 11 is 6.04. The first-order valence-electron chi connectivity index (χ1n) is 10.4. The fraction of sp³-hybridized carbons (Fsp3) is 0.167. The molecule has 2 aromatic carbocycles. The molecule has 0 unspecified atom stereocenters. The van der Waals surface area contributed by atoms with Crippen molar-refractivity contribution >= 4 is 33.0 Å². The van der Waals surface area contributed by atoms with Crippen molar-refractivity contribution in [3.05, 3.63) is 83.2 Å². The first-order chi connectivity index (χ1) is 15.8. The van der Waals surface area contributed by atoms with E-state index in [0.29, 0.717) is 35.1 Å². The zero-order valence-corrected chi connectivity index (χ0v) is 19.3. The summed E-state index contributed by atoms with van der Waals surface area (Å²) in [5, 5.41) is 5.19. The van der Waals surface area contributed by atoms with Crippen LogP contribution >= 0.6 is 11.6 Å². The van der Waals surface area contributed by atoms with Crippen LogP contribution in [-0.2, 0) is 16.3 Å². The molecule has 0 spiro atoms. The van der Waals surface area contributed by atoms with Crippen molar-refractivity contribution < 1.29 is 17.6 Å². The molecule has 3 heterocycles. The number of nitrogens with zero attached hydrogens (tertiary/aromatic N) is 3. The first-order valence-corrected chi connectivity index (χ1v) is 12.6. The number of sulfone groups is 1. The maximum atomic E-state index is 13.5. The Morgan fingerprint density at radius 2 is 1.88 bits per heavy atom. The van der Waals surface area contributed by atoms with Gasteiger partial charge in [0.25, 0.3) is 5.91 Å². The van der Waals surface area contributed by atoms with E-state index < -0.39 is 9.84 Å². The summed E-state index contributed by atoms with van der Waals surface area (Å²) < 4.78 is 31.1. The van der Waals surface area contributed by atoms with E-state index in [4.69, 9.17) is 16.0 Å². The van der Waals surface area contributed by atoms with Gasteiger partial charge in [-0.2, -0.15) is 5.10 Å². The highest BCUT2D eigenvalue weighted by molar-refractivity contribution is 7.90. The largest absolute Gasteiger partial charge is 0.463 e. The van der Waals surface area contributed by atoms with Crippen molar-refractivity contribution in [1.82, 2.24) is 9.78 Å². The summed E-state index contributed by atoms with van der Waals surface area (Å²) in [4.78, 5) is 15.5. The van der Waals surface area contributed by atoms with Gasteiger partial charge in [-0.15, -0.1) is 0 Å². The Morgan fingerprint density at radius 3 is 2.58 bits per heavy atom. The lowest BCUT2D eigenvalue weighted by molar-refractivity contribution is 0.0980. The highest BCUT2D eigenvalue weighted by atomic mass is 35.5. The van der Waals surface area contributed by atoms with E-state index in [1.807, 2.05) is 12.1 Å². The van der Waals surface area contributed by atoms with Gasteiger partial charge in [-0.3, -0.25) is 4.79 Å². The van der Waals surface area contributed by atoms with E-state index >= 15 is 0 Å². The molecule has 5 rings (SSSR count). The number of carbonyl (C=O) groups is 1. The lowest BCUT2D eigenvalue weighted by Gasteiger charge is -2.29. The van der Waals surface area contributed by atoms with Crippen molar-refractivity contribution in [2.24, 2.45) is 0 Å². The van der Waals surface area contributed by atoms with Gasteiger partial charge < -0.3 is 9.32 Å². The lowest BCUT2D eigenvalue weighted by Crippen LogP contribution is -2.35. The number of carbonyl (C=O) groups excluding carboxylic acids is 1. The van der Waals surface area contributed by atoms with Crippen LogP contribution in [0.3, 0.4) is 0 Å². The number of hydrogen-bond donors (Lipinski definition) is 0. The molecule has 1 amide bonds. The third-order valence-corrected chi connectivity index (χ3v) is 6.98. The smallest absolute Gasteiger partial charge is 0.278 e. The third-order valence-electron chi connectivity index (χ3n) is 5.62. The van der Waals surface area contributed by atoms with Gasteiger partial charge in [-0.25, -0.2) is 13.1 Å². The van der Waals surface area contributed by atoms with Crippen LogP contribution in [0, 0.1) is 0 Å². The number of amides is 1.